The van der Waals surface area contributed by atoms with Crippen LogP contribution >= 0.6 is 0 Å². The van der Waals surface area contributed by atoms with Crippen LogP contribution in [0.2, 0.25) is 0 Å². The van der Waals surface area contributed by atoms with Crippen LogP contribution in [-0.4, -0.2) is 17.8 Å². The molecule has 19 heavy (non-hydrogen) atoms. The Balaban J connectivity index is 2.15. The number of hydrogen-bond acceptors (Lipinski definition) is 4. The van der Waals surface area contributed by atoms with E-state index in [1.165, 1.54) is 6.92 Å². The highest BCUT2D eigenvalue weighted by molar-refractivity contribution is 6.07. The summed E-state index contributed by atoms with van der Waals surface area (Å²) in [6.45, 7) is 4.84. The summed E-state index contributed by atoms with van der Waals surface area (Å²) >= 11 is 0. The minimum absolute atomic E-state index is 0.0416. The second-order valence-electron chi connectivity index (χ2n) is 3.76. The van der Waals surface area contributed by atoms with E-state index in [1.54, 1.807) is 24.3 Å². The molecule has 1 aliphatic rings. The molecule has 2 N–H and O–H groups in total. The third-order valence-corrected chi connectivity index (χ3v) is 2.18. The monoisotopic (exact) mass is 257 g/mol. The first-order chi connectivity index (χ1) is 9.04. The summed E-state index contributed by atoms with van der Waals surface area (Å²) in [5.41, 5.74) is 1.29. The Morgan fingerprint density at radius 1 is 1.32 bits per heavy atom. The molecule has 0 aromatic heterocycles. The van der Waals surface area contributed by atoms with Crippen LogP contribution in [0.3, 0.4) is 0 Å². The molecular weight excluding hydrogens is 246 g/mol. The van der Waals surface area contributed by atoms with Crippen molar-refractivity contribution in [3.63, 3.8) is 0 Å². The molecular formula is C12H11N5O2. The molecule has 0 aliphatic carbocycles. The highest BCUT2D eigenvalue weighted by Crippen LogP contribution is 2.17. The van der Waals surface area contributed by atoms with E-state index in [-0.39, 0.29) is 17.6 Å². The molecule has 0 radical (unpaired) electrons. The molecule has 0 fully saturated rings. The van der Waals surface area contributed by atoms with Crippen LogP contribution in [0, 0.1) is 0 Å². The van der Waals surface area contributed by atoms with Gasteiger partial charge in [0.15, 0.2) is 0 Å². The lowest BCUT2D eigenvalue weighted by Gasteiger charge is -2.08. The van der Waals surface area contributed by atoms with Crippen molar-refractivity contribution in [3.8, 4) is 0 Å². The number of anilines is 1. The zero-order valence-electron chi connectivity index (χ0n) is 10.2. The van der Waals surface area contributed by atoms with E-state index in [0.717, 1.165) is 0 Å². The lowest BCUT2D eigenvalue weighted by molar-refractivity contribution is -0.116. The van der Waals surface area contributed by atoms with Gasteiger partial charge < -0.3 is 5.32 Å². The van der Waals surface area contributed by atoms with Crippen LogP contribution in [0.15, 0.2) is 51.8 Å². The number of aliphatic imine (C=N–C) groups is 1. The summed E-state index contributed by atoms with van der Waals surface area (Å²) in [6.07, 6.45) is 0. The van der Waals surface area contributed by atoms with Crippen molar-refractivity contribution in [3.05, 3.63) is 36.5 Å². The molecule has 1 heterocycles. The van der Waals surface area contributed by atoms with Crippen LogP contribution in [0.5, 0.6) is 0 Å². The minimum Gasteiger partial charge on any atom is -0.326 e. The van der Waals surface area contributed by atoms with Crippen LogP contribution < -0.4 is 10.6 Å². The van der Waals surface area contributed by atoms with Crippen molar-refractivity contribution in [1.82, 2.24) is 5.32 Å². The SMILES string of the molecule is C=C1N=NC(=Nc2ccc(NC(C)=O)cc2)NC1=O. The number of nitrogens with zero attached hydrogens (tertiary/aromatic N) is 3. The molecule has 7 heteroatoms. The van der Waals surface area contributed by atoms with Gasteiger partial charge in [-0.15, -0.1) is 10.2 Å². The molecule has 1 aliphatic heterocycles. The summed E-state index contributed by atoms with van der Waals surface area (Å²) in [7, 11) is 0. The Labute approximate surface area is 109 Å². The lowest BCUT2D eigenvalue weighted by Crippen LogP contribution is -2.32. The molecule has 0 spiro atoms. The first kappa shape index (κ1) is 12.6. The Morgan fingerprint density at radius 2 is 2.00 bits per heavy atom. The van der Waals surface area contributed by atoms with E-state index in [0.29, 0.717) is 11.4 Å². The Morgan fingerprint density at radius 3 is 2.58 bits per heavy atom. The molecule has 0 unspecified atom stereocenters. The number of nitrogens with one attached hydrogen (secondary N) is 2. The first-order valence-corrected chi connectivity index (χ1v) is 5.43. The molecule has 0 saturated heterocycles. The molecule has 0 bridgehead atoms. The van der Waals surface area contributed by atoms with Gasteiger partial charge in [0.25, 0.3) is 5.91 Å². The number of hydrogen-bond donors (Lipinski definition) is 2. The Hall–Kier alpha value is -2.83. The molecule has 2 amide bonds. The van der Waals surface area contributed by atoms with Crippen LogP contribution in [-0.2, 0) is 9.59 Å². The number of carbonyl (C=O) groups is 2. The molecule has 96 valence electrons. The van der Waals surface area contributed by atoms with E-state index >= 15 is 0 Å². The maximum Gasteiger partial charge on any atom is 0.277 e. The van der Waals surface area contributed by atoms with Gasteiger partial charge in [-0.25, -0.2) is 4.99 Å². The molecule has 1 aromatic carbocycles. The van der Waals surface area contributed by atoms with Crippen molar-refractivity contribution in [2.24, 2.45) is 15.2 Å². The third kappa shape index (κ3) is 3.32. The van der Waals surface area contributed by atoms with E-state index in [1.807, 2.05) is 0 Å². The van der Waals surface area contributed by atoms with Crippen LogP contribution in [0.4, 0.5) is 11.4 Å². The fourth-order valence-electron chi connectivity index (χ4n) is 1.35. The first-order valence-electron chi connectivity index (χ1n) is 5.43. The second-order valence-corrected chi connectivity index (χ2v) is 3.76. The van der Waals surface area contributed by atoms with E-state index in [9.17, 15) is 9.59 Å². The molecule has 0 saturated carbocycles. The minimum atomic E-state index is -0.427. The predicted octanol–water partition coefficient (Wildman–Crippen LogP) is 1.73. The molecule has 0 atom stereocenters. The third-order valence-electron chi connectivity index (χ3n) is 2.18. The topological polar surface area (TPSA) is 95.3 Å². The van der Waals surface area contributed by atoms with Gasteiger partial charge in [0.2, 0.25) is 11.9 Å². The van der Waals surface area contributed by atoms with Gasteiger partial charge in [-0.05, 0) is 24.3 Å². The quantitative estimate of drug-likeness (QED) is 0.789. The molecule has 1 aromatic rings. The van der Waals surface area contributed by atoms with E-state index in [2.05, 4.69) is 32.4 Å². The zero-order valence-corrected chi connectivity index (χ0v) is 10.2. The van der Waals surface area contributed by atoms with Crippen LogP contribution in [0.1, 0.15) is 6.92 Å². The van der Waals surface area contributed by atoms with Crippen molar-refractivity contribution in [2.75, 3.05) is 5.32 Å². The molecule has 2 rings (SSSR count). The van der Waals surface area contributed by atoms with E-state index in [4.69, 9.17) is 0 Å². The maximum absolute atomic E-state index is 11.3. The van der Waals surface area contributed by atoms with E-state index < -0.39 is 5.91 Å². The number of amides is 2. The average Bonchev–Trinajstić information content (AvgIpc) is 2.36. The summed E-state index contributed by atoms with van der Waals surface area (Å²) in [6, 6.07) is 6.76. The maximum atomic E-state index is 11.3. The normalized spacial score (nSPS) is 16.4. The van der Waals surface area contributed by atoms with Gasteiger partial charge in [0.05, 0.1) is 5.69 Å². The molecule has 7 nitrogen and oxygen atoms in total. The fraction of sp³-hybridized carbons (Fsp3) is 0.0833. The van der Waals surface area contributed by atoms with Crippen molar-refractivity contribution >= 4 is 29.1 Å². The Bertz CT molecular complexity index is 601. The lowest BCUT2D eigenvalue weighted by atomic mass is 10.3. The smallest absolute Gasteiger partial charge is 0.277 e. The standard InChI is InChI=1S/C12H11N5O2/c1-7-11(19)15-12(17-16-7)14-10-5-3-9(4-6-10)13-8(2)18/h3-6H,1H2,2H3,(H,13,18)(H,14,15,19). The summed E-state index contributed by atoms with van der Waals surface area (Å²) < 4.78 is 0. The Kier molecular flexibility index (Phi) is 3.46. The number of azo groups is 1. The average molecular weight is 257 g/mol. The number of guanidine groups is 1. The van der Waals surface area contributed by atoms with Crippen molar-refractivity contribution in [1.29, 1.82) is 0 Å². The van der Waals surface area contributed by atoms with Gasteiger partial charge in [0.1, 0.15) is 5.70 Å². The van der Waals surface area contributed by atoms with Gasteiger partial charge >= 0.3 is 0 Å². The predicted molar refractivity (Wildman–Crippen MR) is 70.0 cm³/mol. The van der Waals surface area contributed by atoms with Crippen LogP contribution in [0.25, 0.3) is 0 Å². The second kappa shape index (κ2) is 5.21. The summed E-state index contributed by atoms with van der Waals surface area (Å²) in [4.78, 5) is 26.2. The van der Waals surface area contributed by atoms with Gasteiger partial charge in [-0.1, -0.05) is 6.58 Å². The zero-order chi connectivity index (χ0) is 13.8. The summed E-state index contributed by atoms with van der Waals surface area (Å²) in [5, 5.41) is 12.4. The number of carbonyl (C=O) groups excluding carboxylic acids is 2. The number of benzene rings is 1. The van der Waals surface area contributed by atoms with Crippen molar-refractivity contribution < 1.29 is 9.59 Å². The highest BCUT2D eigenvalue weighted by atomic mass is 16.2. The van der Waals surface area contributed by atoms with Crippen molar-refractivity contribution in [2.45, 2.75) is 6.92 Å². The van der Waals surface area contributed by atoms with Gasteiger partial charge in [-0.3, -0.25) is 14.9 Å². The highest BCUT2D eigenvalue weighted by Gasteiger charge is 2.14. The fourth-order valence-corrected chi connectivity index (χ4v) is 1.35. The summed E-state index contributed by atoms with van der Waals surface area (Å²) in [5.74, 6) is -0.473. The number of rotatable bonds is 2. The van der Waals surface area contributed by atoms with Gasteiger partial charge in [0, 0.05) is 12.6 Å². The largest absolute Gasteiger partial charge is 0.326 e. The van der Waals surface area contributed by atoms with Gasteiger partial charge in [-0.2, -0.15) is 0 Å².